The Morgan fingerprint density at radius 1 is 1.53 bits per heavy atom. The number of amides is 1. The van der Waals surface area contributed by atoms with Crippen molar-refractivity contribution >= 4 is 35.1 Å². The number of hydrogen-bond donors (Lipinski definition) is 2. The van der Waals surface area contributed by atoms with Crippen molar-refractivity contribution in [1.29, 1.82) is 5.26 Å². The number of halogens is 1. The minimum Gasteiger partial charge on any atom is -0.341 e. The van der Waals surface area contributed by atoms with Crippen LogP contribution in [-0.2, 0) is 4.79 Å². The highest BCUT2D eigenvalue weighted by Crippen LogP contribution is 2.46. The summed E-state index contributed by atoms with van der Waals surface area (Å²) in [5.74, 6) is 1.78. The molecule has 2 fully saturated rings. The average Bonchev–Trinajstić information content (AvgIpc) is 3.40. The Kier molecular flexibility index (Phi) is 5.77. The zero-order valence-electron chi connectivity index (χ0n) is 16.9. The standard InChI is InChI=1S/C20H25ClN8O/c1-28(19-23-12-15(21)18(26-19)25-16-5-9-24-27-16)14-3-7-20(11-14)6-2-10-29(13-20)17(30)4-8-22/h5,9,12,14H,2-4,6-7,10-11,13H2,1H3,(H2,23,24,25,26,27). The number of hydrogen-bond acceptors (Lipinski definition) is 7. The molecule has 1 saturated carbocycles. The molecule has 1 aliphatic heterocycles. The van der Waals surface area contributed by atoms with Crippen LogP contribution in [0.4, 0.5) is 17.6 Å². The van der Waals surface area contributed by atoms with E-state index in [1.165, 1.54) is 0 Å². The van der Waals surface area contributed by atoms with Crippen molar-refractivity contribution in [2.45, 2.75) is 44.6 Å². The van der Waals surface area contributed by atoms with Crippen LogP contribution in [0.2, 0.25) is 5.02 Å². The SMILES string of the molecule is CN(c1ncc(Cl)c(Nc2ccn[nH]2)n1)C1CCC2(CCCN(C(=O)CC#N)C2)C1. The fourth-order valence-corrected chi connectivity index (χ4v) is 4.85. The smallest absolute Gasteiger partial charge is 0.236 e. The Morgan fingerprint density at radius 2 is 2.40 bits per heavy atom. The minimum atomic E-state index is -0.0519. The maximum absolute atomic E-state index is 12.2. The molecule has 1 amide bonds. The van der Waals surface area contributed by atoms with Gasteiger partial charge in [0.05, 0.1) is 18.5 Å². The Bertz CT molecular complexity index is 943. The third kappa shape index (κ3) is 4.19. The summed E-state index contributed by atoms with van der Waals surface area (Å²) in [5.41, 5.74) is 0.117. The fourth-order valence-electron chi connectivity index (χ4n) is 4.71. The molecule has 0 aromatic carbocycles. The second-order valence-electron chi connectivity index (χ2n) is 8.22. The van der Waals surface area contributed by atoms with Gasteiger partial charge in [-0.15, -0.1) is 0 Å². The molecule has 2 aromatic heterocycles. The lowest BCUT2D eigenvalue weighted by Crippen LogP contribution is -2.45. The van der Waals surface area contributed by atoms with Gasteiger partial charge in [-0.3, -0.25) is 9.89 Å². The van der Waals surface area contributed by atoms with Gasteiger partial charge in [-0.1, -0.05) is 11.6 Å². The molecule has 2 atom stereocenters. The van der Waals surface area contributed by atoms with E-state index in [-0.39, 0.29) is 23.8 Å². The number of aromatic amines is 1. The number of anilines is 3. The van der Waals surface area contributed by atoms with Crippen LogP contribution in [0.15, 0.2) is 18.5 Å². The second kappa shape index (κ2) is 8.48. The minimum absolute atomic E-state index is 0.0376. The summed E-state index contributed by atoms with van der Waals surface area (Å²) in [4.78, 5) is 25.3. The van der Waals surface area contributed by atoms with Gasteiger partial charge in [-0.25, -0.2) is 4.98 Å². The lowest BCUT2D eigenvalue weighted by atomic mass is 9.78. The van der Waals surface area contributed by atoms with Crippen LogP contribution in [-0.4, -0.2) is 57.2 Å². The lowest BCUT2D eigenvalue weighted by molar-refractivity contribution is -0.133. The van der Waals surface area contributed by atoms with Crippen LogP contribution in [0.5, 0.6) is 0 Å². The number of nitrogens with zero attached hydrogens (tertiary/aromatic N) is 6. The van der Waals surface area contributed by atoms with Gasteiger partial charge >= 0.3 is 0 Å². The maximum Gasteiger partial charge on any atom is 0.236 e. The Hall–Kier alpha value is -2.86. The Balaban J connectivity index is 1.45. The van der Waals surface area contributed by atoms with Crippen LogP contribution >= 0.6 is 11.6 Å². The molecule has 2 unspecified atom stereocenters. The number of carbonyl (C=O) groups excluding carboxylic acids is 1. The fraction of sp³-hybridized carbons (Fsp3) is 0.550. The summed E-state index contributed by atoms with van der Waals surface area (Å²) < 4.78 is 0. The van der Waals surface area contributed by atoms with Gasteiger partial charge in [0.1, 0.15) is 17.3 Å². The quantitative estimate of drug-likeness (QED) is 0.751. The first-order valence-electron chi connectivity index (χ1n) is 10.2. The zero-order chi connectivity index (χ0) is 21.1. The summed E-state index contributed by atoms with van der Waals surface area (Å²) in [6, 6.07) is 4.06. The molecule has 4 rings (SSSR count). The van der Waals surface area contributed by atoms with Gasteiger partial charge in [0.2, 0.25) is 11.9 Å². The predicted octanol–water partition coefficient (Wildman–Crippen LogP) is 3.11. The number of nitrogens with one attached hydrogen (secondary N) is 2. The third-order valence-electron chi connectivity index (χ3n) is 6.27. The first-order valence-corrected chi connectivity index (χ1v) is 10.5. The Labute approximate surface area is 180 Å². The molecule has 1 spiro atoms. The summed E-state index contributed by atoms with van der Waals surface area (Å²) >= 11 is 6.26. The summed E-state index contributed by atoms with van der Waals surface area (Å²) in [6.07, 6.45) is 8.38. The average molecular weight is 429 g/mol. The Morgan fingerprint density at radius 3 is 3.17 bits per heavy atom. The molecule has 158 valence electrons. The van der Waals surface area contributed by atoms with E-state index in [2.05, 4.69) is 30.4 Å². The lowest BCUT2D eigenvalue weighted by Gasteiger charge is -2.41. The maximum atomic E-state index is 12.2. The highest BCUT2D eigenvalue weighted by molar-refractivity contribution is 6.32. The van der Waals surface area contributed by atoms with Gasteiger partial charge in [-0.05, 0) is 37.5 Å². The van der Waals surface area contributed by atoms with E-state index in [4.69, 9.17) is 16.9 Å². The van der Waals surface area contributed by atoms with E-state index >= 15 is 0 Å². The second-order valence-corrected chi connectivity index (χ2v) is 8.63. The molecule has 0 radical (unpaired) electrons. The van der Waals surface area contributed by atoms with Crippen LogP contribution in [0.25, 0.3) is 0 Å². The number of aromatic nitrogens is 4. The number of rotatable bonds is 5. The van der Waals surface area contributed by atoms with Crippen LogP contribution < -0.4 is 10.2 Å². The number of carbonyl (C=O) groups is 1. The molecule has 3 heterocycles. The van der Waals surface area contributed by atoms with Gasteiger partial charge in [0, 0.05) is 32.2 Å². The molecule has 30 heavy (non-hydrogen) atoms. The topological polar surface area (TPSA) is 114 Å². The van der Waals surface area contributed by atoms with Gasteiger partial charge in [0.15, 0.2) is 5.82 Å². The molecule has 2 aromatic rings. The number of likely N-dealkylation sites (tertiary alicyclic amines) is 1. The van der Waals surface area contributed by atoms with E-state index in [0.29, 0.717) is 22.6 Å². The van der Waals surface area contributed by atoms with Crippen molar-refractivity contribution in [3.8, 4) is 6.07 Å². The van der Waals surface area contributed by atoms with Crippen molar-refractivity contribution in [3.63, 3.8) is 0 Å². The molecule has 9 nitrogen and oxygen atoms in total. The number of nitriles is 1. The van der Waals surface area contributed by atoms with Crippen LogP contribution in [0.1, 0.15) is 38.5 Å². The van der Waals surface area contributed by atoms with Crippen molar-refractivity contribution in [3.05, 3.63) is 23.5 Å². The molecule has 0 bridgehead atoms. The normalized spacial score (nSPS) is 23.4. The van der Waals surface area contributed by atoms with Crippen molar-refractivity contribution in [1.82, 2.24) is 25.1 Å². The molecule has 1 saturated heterocycles. The van der Waals surface area contributed by atoms with E-state index in [0.717, 1.165) is 45.2 Å². The highest BCUT2D eigenvalue weighted by Gasteiger charge is 2.44. The summed E-state index contributed by atoms with van der Waals surface area (Å²) in [6.45, 7) is 1.50. The van der Waals surface area contributed by atoms with Crippen molar-refractivity contribution < 1.29 is 4.79 Å². The van der Waals surface area contributed by atoms with Crippen LogP contribution in [0.3, 0.4) is 0 Å². The number of piperidine rings is 1. The van der Waals surface area contributed by atoms with E-state index in [1.54, 1.807) is 18.5 Å². The molecule has 2 N–H and O–H groups in total. The van der Waals surface area contributed by atoms with Crippen molar-refractivity contribution in [2.75, 3.05) is 30.4 Å². The monoisotopic (exact) mass is 428 g/mol. The highest BCUT2D eigenvalue weighted by atomic mass is 35.5. The molecule has 2 aliphatic rings. The zero-order valence-corrected chi connectivity index (χ0v) is 17.7. The first-order chi connectivity index (χ1) is 14.5. The summed E-state index contributed by atoms with van der Waals surface area (Å²) in [5, 5.41) is 19.2. The number of H-pyrrole nitrogens is 1. The van der Waals surface area contributed by atoms with E-state index in [9.17, 15) is 4.79 Å². The third-order valence-corrected chi connectivity index (χ3v) is 6.55. The van der Waals surface area contributed by atoms with E-state index < -0.39 is 0 Å². The van der Waals surface area contributed by atoms with Gasteiger partial charge < -0.3 is 15.1 Å². The molecular formula is C20H25ClN8O. The first kappa shape index (κ1) is 20.4. The van der Waals surface area contributed by atoms with Gasteiger partial charge in [0.25, 0.3) is 0 Å². The predicted molar refractivity (Wildman–Crippen MR) is 113 cm³/mol. The molecule has 10 heteroatoms. The van der Waals surface area contributed by atoms with E-state index in [1.807, 2.05) is 18.0 Å². The molecular weight excluding hydrogens is 404 g/mol. The largest absolute Gasteiger partial charge is 0.341 e. The van der Waals surface area contributed by atoms with Crippen molar-refractivity contribution in [2.24, 2.45) is 5.41 Å². The van der Waals surface area contributed by atoms with Crippen LogP contribution in [0, 0.1) is 16.7 Å². The molecule has 1 aliphatic carbocycles. The van der Waals surface area contributed by atoms with Gasteiger partial charge in [-0.2, -0.15) is 15.3 Å². The summed E-state index contributed by atoms with van der Waals surface area (Å²) in [7, 11) is 2.01.